The van der Waals surface area contributed by atoms with Gasteiger partial charge in [0.25, 0.3) is 0 Å². The molecule has 0 unspecified atom stereocenters. The molecule has 17 heavy (non-hydrogen) atoms. The number of nitrogens with one attached hydrogen (secondary N) is 2. The highest BCUT2D eigenvalue weighted by Crippen LogP contribution is 2.21. The highest BCUT2D eigenvalue weighted by Gasteiger charge is 2.18. The number of ether oxygens (including phenoxy) is 1. The molecule has 0 aromatic carbocycles. The molecule has 98 valence electrons. The average molecular weight is 278 g/mol. The fourth-order valence-corrected chi connectivity index (χ4v) is 3.72. The van der Waals surface area contributed by atoms with Crippen molar-refractivity contribution in [3.63, 3.8) is 0 Å². The van der Waals surface area contributed by atoms with Crippen molar-refractivity contribution in [3.8, 4) is 0 Å². The number of rotatable bonds is 8. The summed E-state index contributed by atoms with van der Waals surface area (Å²) in [6.45, 7) is 4.03. The molecule has 0 fully saturated rings. The van der Waals surface area contributed by atoms with E-state index in [-0.39, 0.29) is 6.54 Å². The zero-order chi connectivity index (χ0) is 12.7. The lowest BCUT2D eigenvalue weighted by molar-refractivity contribution is 0.204. The average Bonchev–Trinajstić information content (AvgIpc) is 2.75. The van der Waals surface area contributed by atoms with Crippen LogP contribution in [0.3, 0.4) is 0 Å². The minimum absolute atomic E-state index is 0.287. The van der Waals surface area contributed by atoms with E-state index in [1.54, 1.807) is 11.4 Å². The first-order chi connectivity index (χ1) is 8.11. The van der Waals surface area contributed by atoms with E-state index in [1.807, 2.05) is 6.92 Å². The minimum Gasteiger partial charge on any atom is -0.383 e. The van der Waals surface area contributed by atoms with Crippen LogP contribution in [0.2, 0.25) is 0 Å². The maximum absolute atomic E-state index is 12.0. The third-order valence-electron chi connectivity index (χ3n) is 2.13. The molecule has 1 aromatic rings. The Balaban J connectivity index is 2.73. The van der Waals surface area contributed by atoms with Crippen LogP contribution in [-0.2, 0) is 21.3 Å². The summed E-state index contributed by atoms with van der Waals surface area (Å²) in [7, 11) is -1.87. The second-order valence-electron chi connectivity index (χ2n) is 3.38. The number of hydrogen-bond donors (Lipinski definition) is 2. The van der Waals surface area contributed by atoms with Crippen molar-refractivity contribution >= 4 is 21.4 Å². The maximum atomic E-state index is 12.0. The van der Waals surface area contributed by atoms with Crippen LogP contribution in [0.1, 0.15) is 11.8 Å². The van der Waals surface area contributed by atoms with Gasteiger partial charge in [0.15, 0.2) is 0 Å². The molecule has 5 nitrogen and oxygen atoms in total. The van der Waals surface area contributed by atoms with E-state index < -0.39 is 10.0 Å². The van der Waals surface area contributed by atoms with Gasteiger partial charge in [-0.1, -0.05) is 6.92 Å². The molecule has 1 rings (SSSR count). The van der Waals surface area contributed by atoms with Crippen LogP contribution in [0.15, 0.2) is 16.3 Å². The van der Waals surface area contributed by atoms with Gasteiger partial charge in [0.2, 0.25) is 10.0 Å². The SMILES string of the molecule is CCNCc1sccc1S(=O)(=O)NCCOC. The van der Waals surface area contributed by atoms with Crippen molar-refractivity contribution in [2.24, 2.45) is 0 Å². The third-order valence-corrected chi connectivity index (χ3v) is 4.72. The second kappa shape index (κ2) is 7.07. The van der Waals surface area contributed by atoms with E-state index in [1.165, 1.54) is 18.4 Å². The van der Waals surface area contributed by atoms with Gasteiger partial charge in [0.05, 0.1) is 11.5 Å². The molecule has 0 aliphatic rings. The van der Waals surface area contributed by atoms with Crippen LogP contribution in [0.4, 0.5) is 0 Å². The lowest BCUT2D eigenvalue weighted by Crippen LogP contribution is -2.28. The van der Waals surface area contributed by atoms with Gasteiger partial charge < -0.3 is 10.1 Å². The molecular formula is C10H18N2O3S2. The Morgan fingerprint density at radius 2 is 2.24 bits per heavy atom. The second-order valence-corrected chi connectivity index (χ2v) is 6.11. The van der Waals surface area contributed by atoms with Crippen LogP contribution >= 0.6 is 11.3 Å². The van der Waals surface area contributed by atoms with Gasteiger partial charge >= 0.3 is 0 Å². The standard InChI is InChI=1S/C10H18N2O3S2/c1-3-11-8-9-10(4-7-16-9)17(13,14)12-5-6-15-2/h4,7,11-12H,3,5-6,8H2,1-2H3. The summed E-state index contributed by atoms with van der Waals surface area (Å²) in [6.07, 6.45) is 0. The Labute approximate surface area is 106 Å². The molecule has 0 amide bonds. The third kappa shape index (κ3) is 4.36. The molecular weight excluding hydrogens is 260 g/mol. The molecule has 0 radical (unpaired) electrons. The minimum atomic E-state index is -3.41. The fourth-order valence-electron chi connectivity index (χ4n) is 1.29. The summed E-state index contributed by atoms with van der Waals surface area (Å²) in [4.78, 5) is 1.19. The normalized spacial score (nSPS) is 11.9. The van der Waals surface area contributed by atoms with Crippen molar-refractivity contribution in [2.45, 2.75) is 18.4 Å². The van der Waals surface area contributed by atoms with E-state index in [9.17, 15) is 8.42 Å². The lowest BCUT2D eigenvalue weighted by Gasteiger charge is -2.07. The highest BCUT2D eigenvalue weighted by molar-refractivity contribution is 7.89. The summed E-state index contributed by atoms with van der Waals surface area (Å²) in [6, 6.07) is 1.63. The van der Waals surface area contributed by atoms with E-state index in [4.69, 9.17) is 4.74 Å². The van der Waals surface area contributed by atoms with Crippen LogP contribution in [0, 0.1) is 0 Å². The molecule has 1 heterocycles. The molecule has 7 heteroatoms. The number of hydrogen-bond acceptors (Lipinski definition) is 5. The molecule has 0 atom stereocenters. The Morgan fingerprint density at radius 1 is 1.47 bits per heavy atom. The van der Waals surface area contributed by atoms with Crippen LogP contribution in [-0.4, -0.2) is 35.2 Å². The first-order valence-corrected chi connectivity index (χ1v) is 7.73. The number of sulfonamides is 1. The van der Waals surface area contributed by atoms with E-state index in [2.05, 4.69) is 10.0 Å². The first kappa shape index (κ1) is 14.6. The largest absolute Gasteiger partial charge is 0.383 e. The Bertz CT molecular complexity index is 429. The molecule has 0 bridgehead atoms. The smallest absolute Gasteiger partial charge is 0.241 e. The zero-order valence-corrected chi connectivity index (χ0v) is 11.7. The zero-order valence-electron chi connectivity index (χ0n) is 10.0. The fraction of sp³-hybridized carbons (Fsp3) is 0.600. The van der Waals surface area contributed by atoms with E-state index >= 15 is 0 Å². The summed E-state index contributed by atoms with van der Waals surface area (Å²) < 4.78 is 31.2. The van der Waals surface area contributed by atoms with Gasteiger partial charge in [-0.05, 0) is 18.0 Å². The molecule has 0 saturated heterocycles. The topological polar surface area (TPSA) is 67.4 Å². The Hall–Kier alpha value is -0.470. The molecule has 0 saturated carbocycles. The number of thiophene rings is 1. The molecule has 1 aromatic heterocycles. The van der Waals surface area contributed by atoms with Crippen LogP contribution < -0.4 is 10.0 Å². The van der Waals surface area contributed by atoms with Crippen molar-refractivity contribution in [2.75, 3.05) is 26.8 Å². The highest BCUT2D eigenvalue weighted by atomic mass is 32.2. The summed E-state index contributed by atoms with van der Waals surface area (Å²) in [5.41, 5.74) is 0. The molecule has 0 aliphatic carbocycles. The lowest BCUT2D eigenvalue weighted by atomic mass is 10.4. The monoisotopic (exact) mass is 278 g/mol. The summed E-state index contributed by atoms with van der Waals surface area (Å²) in [5, 5.41) is 4.91. The quantitative estimate of drug-likeness (QED) is 0.690. The Kier molecular flexibility index (Phi) is 6.07. The van der Waals surface area contributed by atoms with Gasteiger partial charge in [-0.2, -0.15) is 0 Å². The predicted molar refractivity (Wildman–Crippen MR) is 68.8 cm³/mol. The van der Waals surface area contributed by atoms with Crippen LogP contribution in [0.5, 0.6) is 0 Å². The maximum Gasteiger partial charge on any atom is 0.241 e. The molecule has 0 spiro atoms. The van der Waals surface area contributed by atoms with Crippen molar-refractivity contribution in [3.05, 3.63) is 16.3 Å². The summed E-state index contributed by atoms with van der Waals surface area (Å²) in [5.74, 6) is 0. The van der Waals surface area contributed by atoms with E-state index in [0.717, 1.165) is 11.4 Å². The molecule has 0 aliphatic heterocycles. The van der Waals surface area contributed by atoms with Gasteiger partial charge in [0, 0.05) is 25.1 Å². The Morgan fingerprint density at radius 3 is 2.88 bits per heavy atom. The number of methoxy groups -OCH3 is 1. The van der Waals surface area contributed by atoms with E-state index in [0.29, 0.717) is 18.0 Å². The van der Waals surface area contributed by atoms with Crippen molar-refractivity contribution in [1.29, 1.82) is 0 Å². The van der Waals surface area contributed by atoms with Gasteiger partial charge in [0.1, 0.15) is 0 Å². The van der Waals surface area contributed by atoms with Gasteiger partial charge in [-0.15, -0.1) is 11.3 Å². The van der Waals surface area contributed by atoms with Gasteiger partial charge in [-0.25, -0.2) is 13.1 Å². The summed E-state index contributed by atoms with van der Waals surface area (Å²) >= 11 is 1.44. The van der Waals surface area contributed by atoms with Crippen LogP contribution in [0.25, 0.3) is 0 Å². The predicted octanol–water partition coefficient (Wildman–Crippen LogP) is 0.782. The first-order valence-electron chi connectivity index (χ1n) is 5.37. The van der Waals surface area contributed by atoms with Crippen molar-refractivity contribution < 1.29 is 13.2 Å². The van der Waals surface area contributed by atoms with Crippen molar-refractivity contribution in [1.82, 2.24) is 10.0 Å². The molecule has 2 N–H and O–H groups in total. The van der Waals surface area contributed by atoms with Gasteiger partial charge in [-0.3, -0.25) is 0 Å².